The number of amides is 1. The van der Waals surface area contributed by atoms with Crippen LogP contribution in [0.15, 0.2) is 24.3 Å². The fourth-order valence-electron chi connectivity index (χ4n) is 4.37. The Hall–Kier alpha value is -1.35. The van der Waals surface area contributed by atoms with E-state index in [1.165, 1.54) is 49.9 Å². The van der Waals surface area contributed by atoms with E-state index in [2.05, 4.69) is 41.1 Å². The summed E-state index contributed by atoms with van der Waals surface area (Å²) in [6.45, 7) is 2.11. The first-order valence-electron chi connectivity index (χ1n) is 8.80. The van der Waals surface area contributed by atoms with Gasteiger partial charge in [0.25, 0.3) is 0 Å². The Kier molecular flexibility index (Phi) is 3.48. The number of carbonyl (C=O) groups is 1. The van der Waals surface area contributed by atoms with Crippen molar-refractivity contribution in [2.24, 2.45) is 0 Å². The highest BCUT2D eigenvalue weighted by Crippen LogP contribution is 2.56. The SMILES string of the molecule is CN1CCCCC1CCC(=O)N1CC2(CC2)c2ccccc21. The molecule has 4 rings (SSSR count). The predicted octanol–water partition coefficient (Wildman–Crippen LogP) is 3.33. The first-order valence-corrected chi connectivity index (χ1v) is 8.80. The Balaban J connectivity index is 1.43. The minimum Gasteiger partial charge on any atom is -0.311 e. The summed E-state index contributed by atoms with van der Waals surface area (Å²) in [5.74, 6) is 0.329. The van der Waals surface area contributed by atoms with Gasteiger partial charge in [-0.15, -0.1) is 0 Å². The van der Waals surface area contributed by atoms with E-state index in [0.29, 0.717) is 23.8 Å². The molecule has 1 aliphatic carbocycles. The minimum absolute atomic E-state index is 0.313. The van der Waals surface area contributed by atoms with E-state index < -0.39 is 0 Å². The van der Waals surface area contributed by atoms with E-state index in [9.17, 15) is 4.79 Å². The van der Waals surface area contributed by atoms with Crippen molar-refractivity contribution in [3.63, 3.8) is 0 Å². The molecule has 0 aromatic heterocycles. The van der Waals surface area contributed by atoms with Gasteiger partial charge < -0.3 is 9.80 Å². The first kappa shape index (κ1) is 14.3. The second kappa shape index (κ2) is 5.38. The van der Waals surface area contributed by atoms with Gasteiger partial charge in [0.05, 0.1) is 0 Å². The fourth-order valence-corrected chi connectivity index (χ4v) is 4.37. The standard InChI is InChI=1S/C19H26N2O/c1-20-13-5-4-6-15(20)9-10-18(22)21-14-19(11-12-19)16-7-2-3-8-17(16)21/h2-3,7-8,15H,4-6,9-14H2,1H3. The third kappa shape index (κ3) is 2.36. The summed E-state index contributed by atoms with van der Waals surface area (Å²) in [6, 6.07) is 9.14. The summed E-state index contributed by atoms with van der Waals surface area (Å²) in [4.78, 5) is 17.3. The lowest BCUT2D eigenvalue weighted by Crippen LogP contribution is -2.38. The van der Waals surface area contributed by atoms with Gasteiger partial charge in [0, 0.05) is 30.1 Å². The molecule has 0 radical (unpaired) electrons. The molecule has 1 aromatic carbocycles. The summed E-state index contributed by atoms with van der Waals surface area (Å²) in [7, 11) is 2.21. The number of benzene rings is 1. The van der Waals surface area contributed by atoms with Crippen LogP contribution in [-0.2, 0) is 10.2 Å². The highest BCUT2D eigenvalue weighted by atomic mass is 16.2. The number of nitrogens with zero attached hydrogens (tertiary/aromatic N) is 2. The number of carbonyl (C=O) groups excluding carboxylic acids is 1. The largest absolute Gasteiger partial charge is 0.311 e. The zero-order chi connectivity index (χ0) is 15.2. The van der Waals surface area contributed by atoms with Gasteiger partial charge in [-0.3, -0.25) is 4.79 Å². The summed E-state index contributed by atoms with van der Waals surface area (Å²) in [5.41, 5.74) is 2.91. The van der Waals surface area contributed by atoms with Crippen molar-refractivity contribution in [1.29, 1.82) is 0 Å². The Labute approximate surface area is 133 Å². The van der Waals surface area contributed by atoms with Crippen LogP contribution in [0, 0.1) is 0 Å². The number of piperidine rings is 1. The molecule has 0 bridgehead atoms. The lowest BCUT2D eigenvalue weighted by molar-refractivity contribution is -0.119. The monoisotopic (exact) mass is 298 g/mol. The Morgan fingerprint density at radius 1 is 1.27 bits per heavy atom. The summed E-state index contributed by atoms with van der Waals surface area (Å²) < 4.78 is 0. The van der Waals surface area contributed by atoms with Crippen molar-refractivity contribution >= 4 is 11.6 Å². The van der Waals surface area contributed by atoms with Crippen molar-refractivity contribution in [2.75, 3.05) is 25.0 Å². The molecule has 3 heteroatoms. The number of likely N-dealkylation sites (tertiary alicyclic amines) is 1. The number of para-hydroxylation sites is 1. The Bertz CT molecular complexity index is 579. The van der Waals surface area contributed by atoms with Crippen molar-refractivity contribution in [1.82, 2.24) is 4.90 Å². The van der Waals surface area contributed by atoms with E-state index in [1.54, 1.807) is 0 Å². The average Bonchev–Trinajstić information content (AvgIpc) is 3.24. The van der Waals surface area contributed by atoms with Crippen LogP contribution < -0.4 is 4.90 Å². The number of fused-ring (bicyclic) bond motifs is 2. The maximum atomic E-state index is 12.8. The van der Waals surface area contributed by atoms with Crippen molar-refractivity contribution in [3.05, 3.63) is 29.8 Å². The molecule has 1 spiro atoms. The molecule has 2 fully saturated rings. The van der Waals surface area contributed by atoms with Gasteiger partial charge in [-0.05, 0) is 57.3 Å². The van der Waals surface area contributed by atoms with Crippen molar-refractivity contribution < 1.29 is 4.79 Å². The van der Waals surface area contributed by atoms with Crippen molar-refractivity contribution in [3.8, 4) is 0 Å². The van der Waals surface area contributed by atoms with Gasteiger partial charge in [-0.25, -0.2) is 0 Å². The molecular weight excluding hydrogens is 272 g/mol. The smallest absolute Gasteiger partial charge is 0.227 e. The molecule has 1 amide bonds. The van der Waals surface area contributed by atoms with Crippen LogP contribution in [0.2, 0.25) is 0 Å². The van der Waals surface area contributed by atoms with E-state index in [-0.39, 0.29) is 0 Å². The Morgan fingerprint density at radius 3 is 2.86 bits per heavy atom. The maximum absolute atomic E-state index is 12.8. The molecule has 22 heavy (non-hydrogen) atoms. The molecular formula is C19H26N2O. The molecule has 2 heterocycles. The number of hydrogen-bond acceptors (Lipinski definition) is 2. The van der Waals surface area contributed by atoms with Crippen LogP contribution in [0.3, 0.4) is 0 Å². The first-order chi connectivity index (χ1) is 10.7. The van der Waals surface area contributed by atoms with Crippen LogP contribution in [-0.4, -0.2) is 37.0 Å². The van der Waals surface area contributed by atoms with Crippen LogP contribution in [0.25, 0.3) is 0 Å². The second-order valence-electron chi connectivity index (χ2n) is 7.45. The lowest BCUT2D eigenvalue weighted by atomic mass is 9.98. The van der Waals surface area contributed by atoms with Gasteiger partial charge in [0.1, 0.15) is 0 Å². The third-order valence-electron chi connectivity index (χ3n) is 5.99. The molecule has 118 valence electrons. The van der Waals surface area contributed by atoms with E-state index in [1.807, 2.05) is 0 Å². The molecule has 1 saturated carbocycles. The fraction of sp³-hybridized carbons (Fsp3) is 0.632. The molecule has 1 atom stereocenters. The molecule has 3 nitrogen and oxygen atoms in total. The van der Waals surface area contributed by atoms with Gasteiger partial charge in [0.2, 0.25) is 5.91 Å². The normalized spacial score (nSPS) is 26.2. The summed E-state index contributed by atoms with van der Waals surface area (Å²) >= 11 is 0. The van der Waals surface area contributed by atoms with E-state index in [0.717, 1.165) is 13.0 Å². The quantitative estimate of drug-likeness (QED) is 0.854. The topological polar surface area (TPSA) is 23.6 Å². The maximum Gasteiger partial charge on any atom is 0.227 e. The van der Waals surface area contributed by atoms with E-state index in [4.69, 9.17) is 0 Å². The average molecular weight is 298 g/mol. The highest BCUT2D eigenvalue weighted by Gasteiger charge is 2.52. The summed E-state index contributed by atoms with van der Waals surface area (Å²) in [5, 5.41) is 0. The van der Waals surface area contributed by atoms with Gasteiger partial charge in [-0.1, -0.05) is 24.6 Å². The van der Waals surface area contributed by atoms with Crippen LogP contribution in [0.5, 0.6) is 0 Å². The van der Waals surface area contributed by atoms with Crippen LogP contribution in [0.4, 0.5) is 5.69 Å². The Morgan fingerprint density at radius 2 is 2.09 bits per heavy atom. The third-order valence-corrected chi connectivity index (χ3v) is 5.99. The van der Waals surface area contributed by atoms with Gasteiger partial charge in [-0.2, -0.15) is 0 Å². The number of anilines is 1. The summed E-state index contributed by atoms with van der Waals surface area (Å²) in [6.07, 6.45) is 8.09. The minimum atomic E-state index is 0.313. The molecule has 1 aromatic rings. The van der Waals surface area contributed by atoms with E-state index >= 15 is 0 Å². The lowest BCUT2D eigenvalue weighted by Gasteiger charge is -2.32. The van der Waals surface area contributed by atoms with Crippen LogP contribution in [0.1, 0.15) is 50.5 Å². The number of hydrogen-bond donors (Lipinski definition) is 0. The predicted molar refractivity (Wildman–Crippen MR) is 89.2 cm³/mol. The van der Waals surface area contributed by atoms with Crippen molar-refractivity contribution in [2.45, 2.75) is 56.4 Å². The molecule has 3 aliphatic rings. The van der Waals surface area contributed by atoms with Gasteiger partial charge in [0.15, 0.2) is 0 Å². The molecule has 0 N–H and O–H groups in total. The molecule has 2 aliphatic heterocycles. The van der Waals surface area contributed by atoms with Gasteiger partial charge >= 0.3 is 0 Å². The highest BCUT2D eigenvalue weighted by molar-refractivity contribution is 5.96. The molecule has 1 saturated heterocycles. The van der Waals surface area contributed by atoms with Crippen LogP contribution >= 0.6 is 0 Å². The molecule has 1 unspecified atom stereocenters. The zero-order valence-electron chi connectivity index (χ0n) is 13.6. The zero-order valence-corrected chi connectivity index (χ0v) is 13.6. The second-order valence-corrected chi connectivity index (χ2v) is 7.45. The number of rotatable bonds is 3.